The van der Waals surface area contributed by atoms with Gasteiger partial charge in [-0.05, 0) is 31.0 Å². The number of carbonyl (C=O) groups excluding carboxylic acids is 1. The molecule has 3 aromatic rings. The summed E-state index contributed by atoms with van der Waals surface area (Å²) in [6.45, 7) is -0.416. The van der Waals surface area contributed by atoms with Crippen LogP contribution < -0.4 is 20.7 Å². The van der Waals surface area contributed by atoms with Crippen LogP contribution in [0.5, 0.6) is 6.01 Å². The van der Waals surface area contributed by atoms with Gasteiger partial charge in [0.25, 0.3) is 0 Å². The van der Waals surface area contributed by atoms with Crippen LogP contribution >= 0.6 is 11.3 Å². The molecule has 1 amide bonds. The van der Waals surface area contributed by atoms with Crippen molar-refractivity contribution in [3.8, 4) is 6.01 Å². The molecule has 3 N–H and O–H groups in total. The average Bonchev–Trinajstić information content (AvgIpc) is 3.36. The number of benzene rings is 1. The minimum Gasteiger partial charge on any atom is -0.454 e. The number of thiazole rings is 1. The van der Waals surface area contributed by atoms with E-state index in [0.717, 1.165) is 18.2 Å². The number of amides is 1. The Morgan fingerprint density at radius 1 is 1.08 bits per heavy atom. The molecule has 1 saturated heterocycles. The van der Waals surface area contributed by atoms with Gasteiger partial charge in [-0.15, -0.1) is 11.3 Å². The summed E-state index contributed by atoms with van der Waals surface area (Å²) in [4.78, 5) is 29.9. The van der Waals surface area contributed by atoms with Crippen LogP contribution in [0.15, 0.2) is 35.8 Å². The van der Waals surface area contributed by atoms with E-state index in [1.807, 2.05) is 4.90 Å². The second-order valence-corrected chi connectivity index (χ2v) is 9.35. The van der Waals surface area contributed by atoms with Gasteiger partial charge in [0, 0.05) is 36.4 Å². The zero-order valence-corrected chi connectivity index (χ0v) is 20.8. The highest BCUT2D eigenvalue weighted by molar-refractivity contribution is 7.13. The molecule has 0 aliphatic carbocycles. The fourth-order valence-electron chi connectivity index (χ4n) is 3.66. The third-order valence-corrected chi connectivity index (χ3v) is 6.08. The Hall–Kier alpha value is -3.73. The van der Waals surface area contributed by atoms with E-state index in [0.29, 0.717) is 31.1 Å². The topological polar surface area (TPSA) is 117 Å². The predicted octanol–water partition coefficient (Wildman–Crippen LogP) is 4.55. The molecule has 0 bridgehead atoms. The lowest BCUT2D eigenvalue weighted by molar-refractivity contribution is -0.154. The second-order valence-electron chi connectivity index (χ2n) is 8.45. The first-order valence-corrected chi connectivity index (χ1v) is 12.4. The molecule has 1 aromatic carbocycles. The molecule has 1 aliphatic heterocycles. The van der Waals surface area contributed by atoms with Crippen molar-refractivity contribution in [3.63, 3.8) is 0 Å². The number of hydrogen-bond acceptors (Lipinski definition) is 10. The molecule has 1 aliphatic rings. The Labute approximate surface area is 221 Å². The van der Waals surface area contributed by atoms with Gasteiger partial charge in [0.1, 0.15) is 0 Å². The van der Waals surface area contributed by atoms with E-state index in [9.17, 15) is 31.1 Å². The minimum atomic E-state index is -4.66. The van der Waals surface area contributed by atoms with Crippen molar-refractivity contribution in [1.82, 2.24) is 24.8 Å². The lowest BCUT2D eigenvalue weighted by atomic mass is 10.1. The van der Waals surface area contributed by atoms with E-state index in [-0.39, 0.29) is 36.1 Å². The highest BCUT2D eigenvalue weighted by Crippen LogP contribution is 2.31. The Balaban J connectivity index is 1.41. The summed E-state index contributed by atoms with van der Waals surface area (Å²) in [5.41, 5.74) is -0.964. The Bertz CT molecular complexity index is 1250. The zero-order valence-electron chi connectivity index (χ0n) is 20.0. The molecule has 210 valence electrons. The Morgan fingerprint density at radius 3 is 2.49 bits per heavy atom. The maximum absolute atomic E-state index is 13.1. The van der Waals surface area contributed by atoms with Crippen molar-refractivity contribution in [2.24, 2.45) is 0 Å². The number of piperidine rings is 1. The molecule has 0 saturated carbocycles. The fraction of sp³-hybridized carbons (Fsp3) is 0.409. The molecule has 17 heteroatoms. The van der Waals surface area contributed by atoms with Crippen molar-refractivity contribution in [2.45, 2.75) is 31.2 Å². The van der Waals surface area contributed by atoms with Gasteiger partial charge < -0.3 is 20.7 Å². The van der Waals surface area contributed by atoms with Gasteiger partial charge in [-0.2, -0.15) is 41.3 Å². The molecule has 0 atom stereocenters. The van der Waals surface area contributed by atoms with Crippen LogP contribution in [0.4, 0.5) is 49.1 Å². The van der Waals surface area contributed by atoms with Crippen LogP contribution in [0.1, 0.15) is 18.4 Å². The third kappa shape index (κ3) is 8.91. The van der Waals surface area contributed by atoms with E-state index in [1.165, 1.54) is 17.4 Å². The number of ether oxygens (including phenoxy) is 1. The minimum absolute atomic E-state index is 0.0342. The van der Waals surface area contributed by atoms with Crippen molar-refractivity contribution in [2.75, 3.05) is 42.2 Å². The molecular formula is C22H22F6N8O2S. The van der Waals surface area contributed by atoms with Gasteiger partial charge in [0.05, 0.1) is 12.1 Å². The lowest BCUT2D eigenvalue weighted by Crippen LogP contribution is -2.42. The first-order valence-electron chi connectivity index (χ1n) is 11.5. The number of nitrogens with zero attached hydrogens (tertiary/aromatic N) is 5. The molecule has 3 heterocycles. The molecule has 4 rings (SSSR count). The van der Waals surface area contributed by atoms with Gasteiger partial charge in [0.15, 0.2) is 11.7 Å². The van der Waals surface area contributed by atoms with Crippen molar-refractivity contribution in [3.05, 3.63) is 41.4 Å². The van der Waals surface area contributed by atoms with Crippen LogP contribution in [-0.2, 0) is 11.0 Å². The number of aromatic nitrogens is 4. The SMILES string of the molecule is O=C(CN1CCC(Nc2nc(Nc3cccc(C(F)(F)F)c3)nc(OCC(F)(F)F)n2)CC1)Nc1nccs1. The lowest BCUT2D eigenvalue weighted by Gasteiger charge is -2.31. The van der Waals surface area contributed by atoms with Gasteiger partial charge >= 0.3 is 18.4 Å². The number of anilines is 4. The maximum atomic E-state index is 13.1. The van der Waals surface area contributed by atoms with Crippen LogP contribution in [0.25, 0.3) is 0 Å². The molecule has 1 fully saturated rings. The number of halogens is 6. The van der Waals surface area contributed by atoms with E-state index in [1.54, 1.807) is 11.6 Å². The first kappa shape index (κ1) is 28.3. The summed E-state index contributed by atoms with van der Waals surface area (Å²) in [5, 5.41) is 10.5. The normalized spacial score (nSPS) is 15.1. The number of rotatable bonds is 9. The summed E-state index contributed by atoms with van der Waals surface area (Å²) in [6.07, 6.45) is -6.55. The van der Waals surface area contributed by atoms with Crippen molar-refractivity contribution >= 4 is 40.0 Å². The number of likely N-dealkylation sites (tertiary alicyclic amines) is 1. The van der Waals surface area contributed by atoms with E-state index < -0.39 is 30.5 Å². The van der Waals surface area contributed by atoms with Crippen LogP contribution in [0.3, 0.4) is 0 Å². The smallest absolute Gasteiger partial charge is 0.422 e. The molecule has 0 unspecified atom stereocenters. The molecule has 39 heavy (non-hydrogen) atoms. The summed E-state index contributed by atoms with van der Waals surface area (Å²) >= 11 is 1.31. The summed E-state index contributed by atoms with van der Waals surface area (Å²) in [6, 6.07) is 3.32. The van der Waals surface area contributed by atoms with Crippen LogP contribution in [0, 0.1) is 0 Å². The Kier molecular flexibility index (Phi) is 8.69. The zero-order chi connectivity index (χ0) is 28.0. The summed E-state index contributed by atoms with van der Waals surface area (Å²) < 4.78 is 81.9. The van der Waals surface area contributed by atoms with Crippen molar-refractivity contribution < 1.29 is 35.9 Å². The third-order valence-electron chi connectivity index (χ3n) is 5.39. The molecular weight excluding hydrogens is 554 g/mol. The predicted molar refractivity (Wildman–Crippen MR) is 130 cm³/mol. The summed E-state index contributed by atoms with van der Waals surface area (Å²) in [7, 11) is 0. The standard InChI is InChI=1S/C22H22F6N8O2S/c23-21(24,25)12-38-19-34-17(33-18(35-19)31-15-3-1-2-13(10-15)22(26,27)28)30-14-4-7-36(8-5-14)11-16(37)32-20-29-6-9-39-20/h1-3,6,9-10,14H,4-5,7-8,11-12H2,(H,29,32,37)(H2,30,31,33,34,35). The number of alkyl halides is 6. The monoisotopic (exact) mass is 576 g/mol. The quantitative estimate of drug-likeness (QED) is 0.316. The maximum Gasteiger partial charge on any atom is 0.422 e. The molecule has 0 radical (unpaired) electrons. The first-order chi connectivity index (χ1) is 18.4. The molecule has 10 nitrogen and oxygen atoms in total. The highest BCUT2D eigenvalue weighted by Gasteiger charge is 2.31. The number of nitrogens with one attached hydrogen (secondary N) is 3. The van der Waals surface area contributed by atoms with Gasteiger partial charge in [-0.1, -0.05) is 6.07 Å². The van der Waals surface area contributed by atoms with E-state index in [4.69, 9.17) is 0 Å². The van der Waals surface area contributed by atoms with Crippen molar-refractivity contribution in [1.29, 1.82) is 0 Å². The second kappa shape index (κ2) is 12.0. The van der Waals surface area contributed by atoms with E-state index >= 15 is 0 Å². The van der Waals surface area contributed by atoms with E-state index in [2.05, 4.69) is 40.6 Å². The Morgan fingerprint density at radius 2 is 1.82 bits per heavy atom. The number of carbonyl (C=O) groups is 1. The van der Waals surface area contributed by atoms with Gasteiger partial charge in [-0.25, -0.2) is 4.98 Å². The van der Waals surface area contributed by atoms with Gasteiger partial charge in [0.2, 0.25) is 17.8 Å². The molecule has 0 spiro atoms. The van der Waals surface area contributed by atoms with Crippen LogP contribution in [-0.4, -0.2) is 69.2 Å². The molecule has 2 aromatic heterocycles. The highest BCUT2D eigenvalue weighted by atomic mass is 32.1. The largest absolute Gasteiger partial charge is 0.454 e. The summed E-state index contributed by atoms with van der Waals surface area (Å²) in [5.74, 6) is -0.623. The fourth-order valence-corrected chi connectivity index (χ4v) is 4.20. The van der Waals surface area contributed by atoms with Crippen LogP contribution in [0.2, 0.25) is 0 Å². The average molecular weight is 577 g/mol. The number of hydrogen-bond donors (Lipinski definition) is 3. The van der Waals surface area contributed by atoms with Gasteiger partial charge in [-0.3, -0.25) is 9.69 Å².